The minimum atomic E-state index is 0.105. The molecule has 2 heteroatoms. The number of benzene rings is 2. The van der Waals surface area contributed by atoms with Gasteiger partial charge in [-0.3, -0.25) is 0 Å². The highest BCUT2D eigenvalue weighted by Crippen LogP contribution is 2.27. The summed E-state index contributed by atoms with van der Waals surface area (Å²) in [6.07, 6.45) is 0. The smallest absolute Gasteiger partial charge is 0.141 e. The van der Waals surface area contributed by atoms with Crippen molar-refractivity contribution in [1.29, 1.82) is 0 Å². The van der Waals surface area contributed by atoms with E-state index in [1.54, 1.807) is 0 Å². The Labute approximate surface area is 99.6 Å². The van der Waals surface area contributed by atoms with Crippen LogP contribution in [-0.2, 0) is 0 Å². The maximum absolute atomic E-state index is 9.99. The fraction of sp³-hybridized carbons (Fsp3) is 0. The normalized spacial score (nSPS) is 12.1. The second-order valence-corrected chi connectivity index (χ2v) is 3.77. The molecular weight excluding hydrogens is 220 g/mol. The van der Waals surface area contributed by atoms with Gasteiger partial charge in [-0.05, 0) is 5.56 Å². The molecule has 0 saturated carbocycles. The van der Waals surface area contributed by atoms with Gasteiger partial charge in [0.2, 0.25) is 0 Å². The van der Waals surface area contributed by atoms with Gasteiger partial charge >= 0.3 is 0 Å². The molecule has 0 aromatic heterocycles. The van der Waals surface area contributed by atoms with E-state index in [4.69, 9.17) is 11.6 Å². The molecule has 0 heterocycles. The predicted octanol–water partition coefficient (Wildman–Crippen LogP) is 4.31. The molecule has 0 spiro atoms. The molecular formula is C14H11ClO. The van der Waals surface area contributed by atoms with Gasteiger partial charge in [0, 0.05) is 5.56 Å². The van der Waals surface area contributed by atoms with Crippen LogP contribution in [0.15, 0.2) is 60.7 Å². The van der Waals surface area contributed by atoms with Gasteiger partial charge in [-0.1, -0.05) is 72.3 Å². The lowest BCUT2D eigenvalue weighted by atomic mass is 10.1. The van der Waals surface area contributed by atoms with E-state index in [1.807, 2.05) is 60.7 Å². The van der Waals surface area contributed by atoms with E-state index in [0.29, 0.717) is 5.03 Å². The van der Waals surface area contributed by atoms with Crippen molar-refractivity contribution in [2.75, 3.05) is 0 Å². The number of halogens is 1. The van der Waals surface area contributed by atoms with Crippen LogP contribution in [0.3, 0.4) is 0 Å². The zero-order chi connectivity index (χ0) is 11.4. The molecule has 0 radical (unpaired) electrons. The first kappa shape index (κ1) is 10.8. The summed E-state index contributed by atoms with van der Waals surface area (Å²) in [6.45, 7) is 0. The fourth-order valence-corrected chi connectivity index (χ4v) is 1.68. The van der Waals surface area contributed by atoms with Crippen LogP contribution >= 0.6 is 11.6 Å². The second kappa shape index (κ2) is 4.86. The monoisotopic (exact) mass is 230 g/mol. The van der Waals surface area contributed by atoms with E-state index in [1.165, 1.54) is 0 Å². The van der Waals surface area contributed by atoms with E-state index in [2.05, 4.69) is 0 Å². The van der Waals surface area contributed by atoms with Gasteiger partial charge in [-0.2, -0.15) is 0 Å². The Hall–Kier alpha value is -1.73. The first-order chi connectivity index (χ1) is 7.79. The molecule has 1 nitrogen and oxygen atoms in total. The van der Waals surface area contributed by atoms with E-state index < -0.39 is 0 Å². The summed E-state index contributed by atoms with van der Waals surface area (Å²) in [7, 11) is 0. The van der Waals surface area contributed by atoms with Crippen molar-refractivity contribution in [3.05, 3.63) is 71.8 Å². The number of aliphatic hydroxyl groups excluding tert-OH is 1. The van der Waals surface area contributed by atoms with Crippen molar-refractivity contribution in [3.8, 4) is 0 Å². The first-order valence-corrected chi connectivity index (χ1v) is 5.36. The lowest BCUT2D eigenvalue weighted by Crippen LogP contribution is -1.86. The van der Waals surface area contributed by atoms with Crippen LogP contribution in [0.2, 0.25) is 0 Å². The van der Waals surface area contributed by atoms with Gasteiger partial charge in [-0.25, -0.2) is 0 Å². The predicted molar refractivity (Wildman–Crippen MR) is 68.2 cm³/mol. The molecule has 0 aliphatic heterocycles. The van der Waals surface area contributed by atoms with Crippen LogP contribution in [0.4, 0.5) is 0 Å². The molecule has 2 aromatic carbocycles. The molecule has 0 aliphatic rings. The molecule has 80 valence electrons. The van der Waals surface area contributed by atoms with Crippen LogP contribution in [0.1, 0.15) is 11.1 Å². The number of hydrogen-bond acceptors (Lipinski definition) is 1. The molecule has 0 atom stereocenters. The quantitative estimate of drug-likeness (QED) is 0.602. The molecule has 2 aromatic rings. The maximum atomic E-state index is 9.99. The molecule has 0 fully saturated rings. The van der Waals surface area contributed by atoms with E-state index in [0.717, 1.165) is 11.1 Å². The Morgan fingerprint density at radius 1 is 0.750 bits per heavy atom. The van der Waals surface area contributed by atoms with Gasteiger partial charge < -0.3 is 5.11 Å². The van der Waals surface area contributed by atoms with Gasteiger partial charge in [0.05, 0.1) is 5.03 Å². The number of aliphatic hydroxyl groups is 1. The minimum Gasteiger partial charge on any atom is -0.506 e. The van der Waals surface area contributed by atoms with E-state index >= 15 is 0 Å². The van der Waals surface area contributed by atoms with Crippen molar-refractivity contribution < 1.29 is 5.11 Å². The largest absolute Gasteiger partial charge is 0.506 e. The summed E-state index contributed by atoms with van der Waals surface area (Å²) >= 11 is 6.12. The van der Waals surface area contributed by atoms with Crippen LogP contribution in [0.5, 0.6) is 0 Å². The van der Waals surface area contributed by atoms with Crippen molar-refractivity contribution in [2.24, 2.45) is 0 Å². The van der Waals surface area contributed by atoms with Gasteiger partial charge in [0.1, 0.15) is 5.76 Å². The standard InChI is InChI=1S/C14H11ClO/c15-13(11-7-3-1-4-8-11)14(16)12-9-5-2-6-10-12/h1-10,16H. The van der Waals surface area contributed by atoms with Crippen LogP contribution in [0.25, 0.3) is 10.8 Å². The zero-order valence-corrected chi connectivity index (χ0v) is 9.35. The fourth-order valence-electron chi connectivity index (χ4n) is 1.44. The third kappa shape index (κ3) is 2.26. The maximum Gasteiger partial charge on any atom is 0.141 e. The summed E-state index contributed by atoms with van der Waals surface area (Å²) in [5, 5.41) is 10.4. The Balaban J connectivity index is 2.43. The van der Waals surface area contributed by atoms with E-state index in [9.17, 15) is 5.11 Å². The lowest BCUT2D eigenvalue weighted by molar-refractivity contribution is 0.514. The topological polar surface area (TPSA) is 20.2 Å². The van der Waals surface area contributed by atoms with E-state index in [-0.39, 0.29) is 5.76 Å². The molecule has 0 unspecified atom stereocenters. The van der Waals surface area contributed by atoms with Crippen molar-refractivity contribution in [3.63, 3.8) is 0 Å². The number of rotatable bonds is 2. The summed E-state index contributed by atoms with van der Waals surface area (Å²) in [5.74, 6) is 0.105. The van der Waals surface area contributed by atoms with Gasteiger partial charge in [0.15, 0.2) is 0 Å². The third-order valence-corrected chi connectivity index (χ3v) is 2.68. The van der Waals surface area contributed by atoms with Crippen molar-refractivity contribution >= 4 is 22.4 Å². The highest BCUT2D eigenvalue weighted by atomic mass is 35.5. The average molecular weight is 231 g/mol. The third-order valence-electron chi connectivity index (χ3n) is 2.28. The van der Waals surface area contributed by atoms with Crippen LogP contribution in [-0.4, -0.2) is 5.11 Å². The molecule has 1 N–H and O–H groups in total. The lowest BCUT2D eigenvalue weighted by Gasteiger charge is -2.04. The molecule has 0 bridgehead atoms. The van der Waals surface area contributed by atoms with Crippen molar-refractivity contribution in [1.82, 2.24) is 0 Å². The molecule has 0 amide bonds. The summed E-state index contributed by atoms with van der Waals surface area (Å²) in [4.78, 5) is 0. The first-order valence-electron chi connectivity index (χ1n) is 4.98. The zero-order valence-electron chi connectivity index (χ0n) is 8.60. The Morgan fingerprint density at radius 3 is 1.69 bits per heavy atom. The van der Waals surface area contributed by atoms with Gasteiger partial charge in [0.25, 0.3) is 0 Å². The van der Waals surface area contributed by atoms with Crippen molar-refractivity contribution in [2.45, 2.75) is 0 Å². The minimum absolute atomic E-state index is 0.105. The SMILES string of the molecule is OC(=C(Cl)c1ccccc1)c1ccccc1. The molecule has 2 rings (SSSR count). The highest BCUT2D eigenvalue weighted by Gasteiger charge is 2.06. The summed E-state index contributed by atoms with van der Waals surface area (Å²) in [5.41, 5.74) is 1.53. The second-order valence-electron chi connectivity index (χ2n) is 3.39. The average Bonchev–Trinajstić information content (AvgIpc) is 2.39. The Bertz CT molecular complexity index is 441. The molecule has 16 heavy (non-hydrogen) atoms. The molecule has 0 aliphatic carbocycles. The highest BCUT2D eigenvalue weighted by molar-refractivity contribution is 6.52. The van der Waals surface area contributed by atoms with Crippen LogP contribution in [0, 0.1) is 0 Å². The molecule has 0 saturated heterocycles. The number of hydrogen-bond donors (Lipinski definition) is 1. The Kier molecular flexibility index (Phi) is 3.28. The summed E-state index contributed by atoms with van der Waals surface area (Å²) in [6, 6.07) is 18.7. The summed E-state index contributed by atoms with van der Waals surface area (Å²) < 4.78 is 0. The van der Waals surface area contributed by atoms with Crippen LogP contribution < -0.4 is 0 Å². The van der Waals surface area contributed by atoms with Gasteiger partial charge in [-0.15, -0.1) is 0 Å². The Morgan fingerprint density at radius 2 is 1.19 bits per heavy atom.